The van der Waals surface area contributed by atoms with Gasteiger partial charge in [-0.15, -0.1) is 0 Å². The molecule has 0 unspecified atom stereocenters. The Bertz CT molecular complexity index is 908. The molecule has 0 spiro atoms. The van der Waals surface area contributed by atoms with Crippen molar-refractivity contribution in [3.8, 4) is 5.75 Å². The van der Waals surface area contributed by atoms with Gasteiger partial charge in [-0.25, -0.2) is 4.79 Å². The molecule has 2 N–H and O–H groups in total. The van der Waals surface area contributed by atoms with Gasteiger partial charge in [-0.3, -0.25) is 9.59 Å². The number of carbonyl (C=O) groups is 3. The summed E-state index contributed by atoms with van der Waals surface area (Å²) in [6.45, 7) is -2.16. The van der Waals surface area contributed by atoms with Crippen LogP contribution in [0.3, 0.4) is 0 Å². The normalized spacial score (nSPS) is 10.4. The van der Waals surface area contributed by atoms with Gasteiger partial charge in [-0.2, -0.15) is 8.78 Å². The van der Waals surface area contributed by atoms with Crippen molar-refractivity contribution in [3.63, 3.8) is 0 Å². The van der Waals surface area contributed by atoms with Crippen molar-refractivity contribution < 1.29 is 32.6 Å². The summed E-state index contributed by atoms with van der Waals surface area (Å²) >= 11 is 3.32. The van der Waals surface area contributed by atoms with Gasteiger partial charge in [-0.1, -0.05) is 22.0 Å². The molecule has 2 amide bonds. The predicted molar refractivity (Wildman–Crippen MR) is 104 cm³/mol. The molecule has 0 atom stereocenters. The maximum Gasteiger partial charge on any atom is 0.387 e. The third-order valence-corrected chi connectivity index (χ3v) is 4.03. The van der Waals surface area contributed by atoms with Gasteiger partial charge in [0.2, 0.25) is 5.91 Å². The smallest absolute Gasteiger partial charge is 0.387 e. The second-order valence-corrected chi connectivity index (χ2v) is 6.68. The van der Waals surface area contributed by atoms with Crippen molar-refractivity contribution in [1.29, 1.82) is 0 Å². The summed E-state index contributed by atoms with van der Waals surface area (Å²) < 4.78 is 34.3. The maximum atomic E-state index is 12.2. The zero-order valence-corrected chi connectivity index (χ0v) is 16.8. The standard InChI is InChI=1S/C19H17BrF2N2O5/c1-11-7-13(20)5-6-15(11)24-16(25)9-23-17(26)10-28-18(27)12-3-2-4-14(8-12)29-19(21)22/h2-8,19H,9-10H2,1H3,(H,23,26)(H,24,25). The van der Waals surface area contributed by atoms with Crippen molar-refractivity contribution in [1.82, 2.24) is 5.32 Å². The van der Waals surface area contributed by atoms with Gasteiger partial charge in [0.1, 0.15) is 5.75 Å². The Balaban J connectivity index is 1.77. The lowest BCUT2D eigenvalue weighted by Gasteiger charge is -2.10. The van der Waals surface area contributed by atoms with E-state index in [0.29, 0.717) is 5.69 Å². The van der Waals surface area contributed by atoms with Crippen molar-refractivity contribution in [2.75, 3.05) is 18.5 Å². The van der Waals surface area contributed by atoms with Gasteiger partial charge < -0.3 is 20.1 Å². The van der Waals surface area contributed by atoms with Crippen molar-refractivity contribution >= 4 is 39.4 Å². The topological polar surface area (TPSA) is 93.7 Å². The van der Waals surface area contributed by atoms with Crippen LogP contribution in [0.15, 0.2) is 46.9 Å². The Kier molecular flexibility index (Phi) is 8.08. The van der Waals surface area contributed by atoms with E-state index in [-0.39, 0.29) is 17.9 Å². The summed E-state index contributed by atoms with van der Waals surface area (Å²) in [5, 5.41) is 4.96. The first kappa shape index (κ1) is 22.3. The number of rotatable bonds is 8. The van der Waals surface area contributed by atoms with Crippen LogP contribution < -0.4 is 15.4 Å². The predicted octanol–water partition coefficient (Wildman–Crippen LogP) is 3.27. The zero-order valence-electron chi connectivity index (χ0n) is 15.2. The van der Waals surface area contributed by atoms with Crippen LogP contribution in [-0.4, -0.2) is 37.5 Å². The van der Waals surface area contributed by atoms with Gasteiger partial charge in [-0.05, 0) is 48.9 Å². The Labute approximate surface area is 173 Å². The number of benzene rings is 2. The number of aryl methyl sites for hydroxylation is 1. The molecule has 0 saturated carbocycles. The van der Waals surface area contributed by atoms with E-state index in [4.69, 9.17) is 4.74 Å². The van der Waals surface area contributed by atoms with Crippen LogP contribution in [0.4, 0.5) is 14.5 Å². The van der Waals surface area contributed by atoms with Crippen molar-refractivity contribution in [2.24, 2.45) is 0 Å². The Morgan fingerprint density at radius 2 is 1.86 bits per heavy atom. The molecule has 0 aliphatic heterocycles. The largest absolute Gasteiger partial charge is 0.452 e. The molecule has 2 rings (SSSR count). The molecule has 2 aromatic carbocycles. The van der Waals surface area contributed by atoms with Crippen LogP contribution in [0.5, 0.6) is 5.75 Å². The third-order valence-electron chi connectivity index (χ3n) is 3.54. The minimum Gasteiger partial charge on any atom is -0.452 e. The van der Waals surface area contributed by atoms with Crippen LogP contribution in [0, 0.1) is 6.92 Å². The zero-order chi connectivity index (χ0) is 21.4. The number of carbonyl (C=O) groups excluding carboxylic acids is 3. The first-order valence-corrected chi connectivity index (χ1v) is 9.08. The van der Waals surface area contributed by atoms with Crippen molar-refractivity contribution in [2.45, 2.75) is 13.5 Å². The highest BCUT2D eigenvalue weighted by Crippen LogP contribution is 2.20. The second-order valence-electron chi connectivity index (χ2n) is 5.77. The number of esters is 1. The number of alkyl halides is 2. The molecule has 0 fully saturated rings. The van der Waals surface area contributed by atoms with E-state index in [0.717, 1.165) is 16.1 Å². The molecular weight excluding hydrogens is 454 g/mol. The maximum absolute atomic E-state index is 12.2. The third kappa shape index (κ3) is 7.49. The Hall–Kier alpha value is -3.01. The number of hydrogen-bond donors (Lipinski definition) is 2. The van der Waals surface area contributed by atoms with Crippen LogP contribution in [0.2, 0.25) is 0 Å². The molecule has 0 heterocycles. The van der Waals surface area contributed by atoms with Gasteiger partial charge >= 0.3 is 12.6 Å². The van der Waals surface area contributed by atoms with E-state index >= 15 is 0 Å². The average molecular weight is 471 g/mol. The minimum atomic E-state index is -3.03. The molecule has 0 aliphatic carbocycles. The average Bonchev–Trinajstić information content (AvgIpc) is 2.66. The number of amides is 2. The lowest BCUT2D eigenvalue weighted by atomic mass is 10.2. The fourth-order valence-corrected chi connectivity index (χ4v) is 2.68. The summed E-state index contributed by atoms with van der Waals surface area (Å²) in [6, 6.07) is 10.3. The fourth-order valence-electron chi connectivity index (χ4n) is 2.21. The first-order chi connectivity index (χ1) is 13.7. The molecule has 2 aromatic rings. The lowest BCUT2D eigenvalue weighted by Crippen LogP contribution is -2.35. The molecule has 0 aromatic heterocycles. The van der Waals surface area contributed by atoms with Gasteiger partial charge in [0.25, 0.3) is 5.91 Å². The number of hydrogen-bond acceptors (Lipinski definition) is 5. The lowest BCUT2D eigenvalue weighted by molar-refractivity contribution is -0.126. The van der Waals surface area contributed by atoms with E-state index in [9.17, 15) is 23.2 Å². The molecule has 10 heteroatoms. The van der Waals surface area contributed by atoms with Crippen LogP contribution >= 0.6 is 15.9 Å². The van der Waals surface area contributed by atoms with Crippen molar-refractivity contribution in [3.05, 3.63) is 58.1 Å². The summed E-state index contributed by atoms with van der Waals surface area (Å²) in [5.74, 6) is -2.25. The van der Waals surface area contributed by atoms with Gasteiger partial charge in [0.15, 0.2) is 6.61 Å². The van der Waals surface area contributed by atoms with Gasteiger partial charge in [0.05, 0.1) is 12.1 Å². The van der Waals surface area contributed by atoms with E-state index in [1.165, 1.54) is 18.2 Å². The number of nitrogens with one attached hydrogen (secondary N) is 2. The minimum absolute atomic E-state index is 0.0561. The molecule has 0 bridgehead atoms. The summed E-state index contributed by atoms with van der Waals surface area (Å²) in [4.78, 5) is 35.6. The molecule has 0 aliphatic rings. The number of halogens is 3. The quantitative estimate of drug-likeness (QED) is 0.577. The highest BCUT2D eigenvalue weighted by atomic mass is 79.9. The highest BCUT2D eigenvalue weighted by molar-refractivity contribution is 9.10. The molecule has 0 saturated heterocycles. The van der Waals surface area contributed by atoms with E-state index in [2.05, 4.69) is 31.3 Å². The summed E-state index contributed by atoms with van der Waals surface area (Å²) in [6.07, 6.45) is 0. The second kappa shape index (κ2) is 10.5. The van der Waals surface area contributed by atoms with E-state index in [1.807, 2.05) is 13.0 Å². The van der Waals surface area contributed by atoms with Crippen LogP contribution in [-0.2, 0) is 14.3 Å². The highest BCUT2D eigenvalue weighted by Gasteiger charge is 2.13. The Morgan fingerprint density at radius 1 is 1.10 bits per heavy atom. The first-order valence-electron chi connectivity index (χ1n) is 8.29. The SMILES string of the molecule is Cc1cc(Br)ccc1NC(=O)CNC(=O)COC(=O)c1cccc(OC(F)F)c1. The Morgan fingerprint density at radius 3 is 2.55 bits per heavy atom. The molecule has 7 nitrogen and oxygen atoms in total. The fraction of sp³-hybridized carbons (Fsp3) is 0.211. The molecule has 29 heavy (non-hydrogen) atoms. The van der Waals surface area contributed by atoms with Crippen LogP contribution in [0.1, 0.15) is 15.9 Å². The molecule has 154 valence electrons. The monoisotopic (exact) mass is 470 g/mol. The van der Waals surface area contributed by atoms with E-state index < -0.39 is 31.0 Å². The summed E-state index contributed by atoms with van der Waals surface area (Å²) in [5.41, 5.74) is 1.38. The van der Waals surface area contributed by atoms with Crippen LogP contribution in [0.25, 0.3) is 0 Å². The number of anilines is 1. The summed E-state index contributed by atoms with van der Waals surface area (Å²) in [7, 11) is 0. The van der Waals surface area contributed by atoms with E-state index in [1.54, 1.807) is 12.1 Å². The molecule has 0 radical (unpaired) electrons. The molecular formula is C19H17BrF2N2O5. The van der Waals surface area contributed by atoms with Gasteiger partial charge in [0, 0.05) is 10.2 Å². The number of ether oxygens (including phenoxy) is 2.